The smallest absolute Gasteiger partial charge is 0.262 e. The quantitative estimate of drug-likeness (QED) is 0.518. The molecule has 0 bridgehead atoms. The Bertz CT molecular complexity index is 1450. The van der Waals surface area contributed by atoms with Crippen molar-refractivity contribution in [3.05, 3.63) is 80.6 Å². The number of nitrogens with two attached hydrogens (primary N) is 1. The first-order valence-electron chi connectivity index (χ1n) is 9.62. The minimum Gasteiger partial charge on any atom is -0.384 e. The van der Waals surface area contributed by atoms with Crippen LogP contribution in [0.2, 0.25) is 0 Å². The summed E-state index contributed by atoms with van der Waals surface area (Å²) in [7, 11) is -3.89. The van der Waals surface area contributed by atoms with Crippen LogP contribution in [-0.4, -0.2) is 24.8 Å². The van der Waals surface area contributed by atoms with Crippen LogP contribution in [0.15, 0.2) is 52.2 Å². The second kappa shape index (κ2) is 7.34. The summed E-state index contributed by atoms with van der Waals surface area (Å²) in [5.41, 5.74) is 8.61. The maximum absolute atomic E-state index is 12.9. The van der Waals surface area contributed by atoms with Gasteiger partial charge in [-0.2, -0.15) is 0 Å². The average molecular weight is 452 g/mol. The Hall–Kier alpha value is -3.92. The fraction of sp³-hybridized carbons (Fsp3) is 0.136. The van der Waals surface area contributed by atoms with E-state index in [2.05, 4.69) is 10.0 Å². The van der Waals surface area contributed by atoms with E-state index in [0.29, 0.717) is 5.69 Å². The molecule has 1 aromatic heterocycles. The standard InChI is InChI=1S/C22H20N4O5S/c1-11-8-12(2)19(13(3)9-11)25-32(30,31)15-6-4-14(5-7-15)26-17(27)10-16-18(20(26)23)22(29)24-21(16)28/h4-10,25H,23H2,1-3H3,(H,24,28,29). The van der Waals surface area contributed by atoms with Crippen LogP contribution in [0, 0.1) is 20.8 Å². The first-order valence-corrected chi connectivity index (χ1v) is 11.1. The van der Waals surface area contributed by atoms with Crippen molar-refractivity contribution in [2.75, 3.05) is 10.5 Å². The van der Waals surface area contributed by atoms with Gasteiger partial charge in [0.15, 0.2) is 0 Å². The fourth-order valence-electron chi connectivity index (χ4n) is 3.85. The number of aromatic nitrogens is 1. The zero-order valence-electron chi connectivity index (χ0n) is 17.5. The zero-order valence-corrected chi connectivity index (χ0v) is 18.3. The highest BCUT2D eigenvalue weighted by Crippen LogP contribution is 2.26. The molecule has 32 heavy (non-hydrogen) atoms. The molecule has 0 radical (unpaired) electrons. The van der Waals surface area contributed by atoms with Crippen LogP contribution in [0.4, 0.5) is 11.5 Å². The van der Waals surface area contributed by atoms with Crippen LogP contribution >= 0.6 is 0 Å². The third-order valence-corrected chi connectivity index (χ3v) is 6.64. The summed E-state index contributed by atoms with van der Waals surface area (Å²) in [5.74, 6) is -1.57. The van der Waals surface area contributed by atoms with Gasteiger partial charge in [0.25, 0.3) is 27.4 Å². The number of aryl methyl sites for hydroxylation is 3. The molecule has 0 saturated heterocycles. The number of fused-ring (bicyclic) bond motifs is 1. The minimum atomic E-state index is -3.89. The van der Waals surface area contributed by atoms with Crippen LogP contribution in [0.5, 0.6) is 0 Å². The summed E-state index contributed by atoms with van der Waals surface area (Å²) in [6.07, 6.45) is 0. The van der Waals surface area contributed by atoms with Gasteiger partial charge in [0.1, 0.15) is 5.82 Å². The summed E-state index contributed by atoms with van der Waals surface area (Å²) < 4.78 is 29.5. The van der Waals surface area contributed by atoms with Crippen molar-refractivity contribution in [1.29, 1.82) is 0 Å². The van der Waals surface area contributed by atoms with Gasteiger partial charge >= 0.3 is 0 Å². The summed E-state index contributed by atoms with van der Waals surface area (Å²) in [4.78, 5) is 36.3. The Kier molecular flexibility index (Phi) is 4.89. The highest BCUT2D eigenvalue weighted by atomic mass is 32.2. The number of rotatable bonds is 4. The minimum absolute atomic E-state index is 0.0127. The Morgan fingerprint density at radius 3 is 2.09 bits per heavy atom. The van der Waals surface area contributed by atoms with Crippen molar-refractivity contribution in [2.45, 2.75) is 25.7 Å². The lowest BCUT2D eigenvalue weighted by Gasteiger charge is -2.15. The molecular weight excluding hydrogens is 432 g/mol. The molecule has 1 aliphatic heterocycles. The SMILES string of the molecule is Cc1cc(C)c(NS(=O)(=O)c2ccc(-n3c(N)c4c(cc3=O)C(=O)NC4=O)cc2)c(C)c1. The van der Waals surface area contributed by atoms with Crippen molar-refractivity contribution in [2.24, 2.45) is 0 Å². The Morgan fingerprint density at radius 1 is 0.906 bits per heavy atom. The summed E-state index contributed by atoms with van der Waals surface area (Å²) in [5, 5.41) is 2.10. The van der Waals surface area contributed by atoms with E-state index >= 15 is 0 Å². The molecule has 0 atom stereocenters. The monoisotopic (exact) mass is 452 g/mol. The Balaban J connectivity index is 1.72. The average Bonchev–Trinajstić information content (AvgIpc) is 2.98. The van der Waals surface area contributed by atoms with E-state index in [1.807, 2.05) is 32.9 Å². The molecule has 3 aromatic rings. The topological polar surface area (TPSA) is 140 Å². The number of amides is 2. The van der Waals surface area contributed by atoms with Crippen molar-refractivity contribution in [3.8, 4) is 5.69 Å². The van der Waals surface area contributed by atoms with Crippen LogP contribution in [0.3, 0.4) is 0 Å². The van der Waals surface area contributed by atoms with Crippen molar-refractivity contribution >= 4 is 33.3 Å². The molecule has 164 valence electrons. The summed E-state index contributed by atoms with van der Waals surface area (Å²) in [6, 6.07) is 10.3. The highest BCUT2D eigenvalue weighted by molar-refractivity contribution is 7.92. The van der Waals surface area contributed by atoms with Gasteiger partial charge in [0.2, 0.25) is 0 Å². The normalized spacial score (nSPS) is 13.1. The predicted octanol–water partition coefficient (Wildman–Crippen LogP) is 2.03. The molecule has 0 spiro atoms. The van der Waals surface area contributed by atoms with Crippen LogP contribution in [-0.2, 0) is 10.0 Å². The first-order chi connectivity index (χ1) is 15.0. The van der Waals surface area contributed by atoms with Gasteiger partial charge in [-0.15, -0.1) is 0 Å². The number of carbonyl (C=O) groups excluding carboxylic acids is 2. The summed E-state index contributed by atoms with van der Waals surface area (Å²) in [6.45, 7) is 5.58. The van der Waals surface area contributed by atoms with Gasteiger partial charge in [0, 0.05) is 6.07 Å². The fourth-order valence-corrected chi connectivity index (χ4v) is 5.06. The van der Waals surface area contributed by atoms with Gasteiger partial charge in [-0.1, -0.05) is 17.7 Å². The van der Waals surface area contributed by atoms with Crippen molar-refractivity contribution < 1.29 is 18.0 Å². The van der Waals surface area contributed by atoms with Crippen molar-refractivity contribution in [3.63, 3.8) is 0 Å². The lowest BCUT2D eigenvalue weighted by Crippen LogP contribution is -2.24. The molecular formula is C22H20N4O5S. The number of pyridine rings is 1. The molecule has 0 fully saturated rings. The molecule has 0 aliphatic carbocycles. The number of nitrogens with one attached hydrogen (secondary N) is 2. The number of sulfonamides is 1. The number of nitrogen functional groups attached to an aromatic ring is 1. The predicted molar refractivity (Wildman–Crippen MR) is 120 cm³/mol. The number of benzene rings is 2. The third kappa shape index (κ3) is 3.44. The maximum Gasteiger partial charge on any atom is 0.262 e. The van der Waals surface area contributed by atoms with Crippen LogP contribution in [0.1, 0.15) is 37.4 Å². The van der Waals surface area contributed by atoms with E-state index in [1.54, 1.807) is 0 Å². The lowest BCUT2D eigenvalue weighted by atomic mass is 10.1. The number of hydrogen-bond acceptors (Lipinski definition) is 6. The Morgan fingerprint density at radius 2 is 1.50 bits per heavy atom. The zero-order chi connectivity index (χ0) is 23.4. The van der Waals surface area contributed by atoms with Gasteiger partial charge in [-0.3, -0.25) is 29.0 Å². The number of carbonyl (C=O) groups is 2. The van der Waals surface area contributed by atoms with E-state index < -0.39 is 27.4 Å². The number of imide groups is 1. The molecule has 0 unspecified atom stereocenters. The first kappa shape index (κ1) is 21.3. The number of nitrogens with zero attached hydrogens (tertiary/aromatic N) is 1. The molecule has 4 rings (SSSR count). The number of hydrogen-bond donors (Lipinski definition) is 3. The van der Waals surface area contributed by atoms with Gasteiger partial charge < -0.3 is 5.73 Å². The molecule has 2 heterocycles. The van der Waals surface area contributed by atoms with Crippen LogP contribution < -0.4 is 21.3 Å². The van der Waals surface area contributed by atoms with E-state index in [4.69, 9.17) is 5.73 Å². The molecule has 2 aromatic carbocycles. The number of anilines is 2. The van der Waals surface area contributed by atoms with Gasteiger partial charge in [-0.25, -0.2) is 8.42 Å². The molecule has 2 amide bonds. The second-order valence-corrected chi connectivity index (χ2v) is 9.33. The molecule has 10 heteroatoms. The third-order valence-electron chi connectivity index (χ3n) is 5.27. The molecule has 9 nitrogen and oxygen atoms in total. The molecule has 1 aliphatic rings. The molecule has 0 saturated carbocycles. The molecule has 4 N–H and O–H groups in total. The maximum atomic E-state index is 12.9. The highest BCUT2D eigenvalue weighted by Gasteiger charge is 2.31. The van der Waals surface area contributed by atoms with Crippen molar-refractivity contribution in [1.82, 2.24) is 9.88 Å². The van der Waals surface area contributed by atoms with E-state index in [9.17, 15) is 22.8 Å². The van der Waals surface area contributed by atoms with Crippen LogP contribution in [0.25, 0.3) is 5.69 Å². The Labute approximate surface area is 183 Å². The van der Waals surface area contributed by atoms with E-state index in [-0.39, 0.29) is 27.5 Å². The second-order valence-electron chi connectivity index (χ2n) is 7.65. The van der Waals surface area contributed by atoms with E-state index in [0.717, 1.165) is 27.3 Å². The summed E-state index contributed by atoms with van der Waals surface area (Å²) >= 11 is 0. The van der Waals surface area contributed by atoms with Gasteiger partial charge in [-0.05, 0) is 56.2 Å². The van der Waals surface area contributed by atoms with Gasteiger partial charge in [0.05, 0.1) is 27.4 Å². The lowest BCUT2D eigenvalue weighted by molar-refractivity contribution is 0.0880. The van der Waals surface area contributed by atoms with E-state index in [1.165, 1.54) is 24.3 Å². The largest absolute Gasteiger partial charge is 0.384 e.